The van der Waals surface area contributed by atoms with Crippen molar-refractivity contribution in [3.63, 3.8) is 0 Å². The van der Waals surface area contributed by atoms with E-state index in [-0.39, 0.29) is 16.7 Å². The summed E-state index contributed by atoms with van der Waals surface area (Å²) in [6.07, 6.45) is 0. The van der Waals surface area contributed by atoms with Gasteiger partial charge >= 0.3 is 0 Å². The van der Waals surface area contributed by atoms with E-state index in [1.807, 2.05) is 0 Å². The highest BCUT2D eigenvalue weighted by Gasteiger charge is 2.63. The molecule has 0 rings (SSSR count). The summed E-state index contributed by atoms with van der Waals surface area (Å²) in [4.78, 5) is -0.749. The van der Waals surface area contributed by atoms with Gasteiger partial charge in [-0.1, -0.05) is 67.7 Å². The highest BCUT2D eigenvalue weighted by molar-refractivity contribution is 7.01. The van der Waals surface area contributed by atoms with Crippen LogP contribution in [-0.4, -0.2) is 77.5 Å². The Morgan fingerprint density at radius 2 is 0.963 bits per heavy atom. The zero-order chi connectivity index (χ0) is 21.6. The molecule has 5 nitrogen and oxygen atoms in total. The van der Waals surface area contributed by atoms with Crippen molar-refractivity contribution in [1.82, 2.24) is 0 Å². The Balaban J connectivity index is 5.02. The predicted octanol–water partition coefficient (Wildman–Crippen LogP) is 3.86. The molecule has 27 heavy (non-hydrogen) atoms. The summed E-state index contributed by atoms with van der Waals surface area (Å²) in [6.45, 7) is 25.4. The Kier molecular flexibility index (Phi) is 10.4. The average molecular weight is 423 g/mol. The molecule has 2 N–H and O–H groups in total. The van der Waals surface area contributed by atoms with Crippen LogP contribution in [0.5, 0.6) is 0 Å². The Hall–Kier alpha value is 0.234. The van der Waals surface area contributed by atoms with Crippen molar-refractivity contribution in [1.29, 1.82) is 0 Å². The SMILES string of the molecule is CC(C)(C)[Si](C)(C)C(O)(COCCOCCOCCO)[Si](C)(C)C(C)(C)C. The normalized spacial score (nSPS) is 14.7. The van der Waals surface area contributed by atoms with Crippen molar-refractivity contribution in [3.8, 4) is 0 Å². The summed E-state index contributed by atoms with van der Waals surface area (Å²) < 4.78 is 16.7. The van der Waals surface area contributed by atoms with Gasteiger partial charge < -0.3 is 24.4 Å². The second-order valence-corrected chi connectivity index (χ2v) is 22.3. The fourth-order valence-electron chi connectivity index (χ4n) is 3.11. The zero-order valence-corrected chi connectivity index (χ0v) is 21.6. The van der Waals surface area contributed by atoms with Crippen LogP contribution < -0.4 is 0 Å². The van der Waals surface area contributed by atoms with Gasteiger partial charge in [0.2, 0.25) is 0 Å². The molecule has 0 atom stereocenters. The first kappa shape index (κ1) is 27.2. The zero-order valence-electron chi connectivity index (χ0n) is 19.6. The van der Waals surface area contributed by atoms with E-state index in [4.69, 9.17) is 19.3 Å². The molecular weight excluding hydrogens is 376 g/mol. The van der Waals surface area contributed by atoms with E-state index in [2.05, 4.69) is 67.7 Å². The first-order valence-electron chi connectivity index (χ1n) is 10.1. The minimum atomic E-state index is -2.09. The molecule has 0 aliphatic rings. The van der Waals surface area contributed by atoms with Crippen LogP contribution >= 0.6 is 0 Å². The fraction of sp³-hybridized carbons (Fsp3) is 1.00. The molecule has 0 saturated heterocycles. The van der Waals surface area contributed by atoms with Gasteiger partial charge in [-0.15, -0.1) is 0 Å². The fourth-order valence-corrected chi connectivity index (χ4v) is 15.0. The molecule has 0 amide bonds. The van der Waals surface area contributed by atoms with Crippen LogP contribution in [0, 0.1) is 0 Å². The highest BCUT2D eigenvalue weighted by Crippen LogP contribution is 2.52. The number of aliphatic hydroxyl groups excluding tert-OH is 1. The van der Waals surface area contributed by atoms with E-state index < -0.39 is 21.0 Å². The van der Waals surface area contributed by atoms with E-state index in [9.17, 15) is 5.11 Å². The first-order chi connectivity index (χ1) is 12.1. The van der Waals surface area contributed by atoms with Crippen LogP contribution in [-0.2, 0) is 14.2 Å². The third-order valence-electron chi connectivity index (χ3n) is 7.11. The number of aliphatic hydroxyl groups is 2. The van der Waals surface area contributed by atoms with Gasteiger partial charge in [-0.25, -0.2) is 0 Å². The molecule has 0 aliphatic carbocycles. The maximum atomic E-state index is 12.2. The molecule has 0 saturated carbocycles. The highest BCUT2D eigenvalue weighted by atomic mass is 28.4. The third-order valence-corrected chi connectivity index (χ3v) is 22.8. The summed E-state index contributed by atoms with van der Waals surface area (Å²) in [5.41, 5.74) is 0. The standard InChI is InChI=1S/C20H46O5Si2/c1-18(2,3)26(7,8)20(22,27(9,10)19(4,5)6)17-25-16-15-24-14-13-23-12-11-21/h21-22H,11-17H2,1-10H3. The van der Waals surface area contributed by atoms with E-state index >= 15 is 0 Å². The molecule has 0 aliphatic heterocycles. The molecule has 0 radical (unpaired) electrons. The van der Waals surface area contributed by atoms with E-state index in [0.29, 0.717) is 39.6 Å². The summed E-state index contributed by atoms with van der Waals surface area (Å²) in [5.74, 6) is 0. The van der Waals surface area contributed by atoms with Gasteiger partial charge in [-0.2, -0.15) is 0 Å². The summed E-state index contributed by atoms with van der Waals surface area (Å²) in [7, 11) is -4.17. The first-order valence-corrected chi connectivity index (χ1v) is 16.1. The molecule has 7 heteroatoms. The van der Waals surface area contributed by atoms with Crippen LogP contribution in [0.15, 0.2) is 0 Å². The Labute approximate surface area is 169 Å². The number of hydrogen-bond acceptors (Lipinski definition) is 5. The maximum absolute atomic E-state index is 12.2. The van der Waals surface area contributed by atoms with Crippen LogP contribution in [0.2, 0.25) is 36.3 Å². The molecule has 0 heterocycles. The lowest BCUT2D eigenvalue weighted by Crippen LogP contribution is -2.76. The van der Waals surface area contributed by atoms with E-state index in [1.165, 1.54) is 0 Å². The number of ether oxygens (including phenoxy) is 3. The molecule has 0 fully saturated rings. The predicted molar refractivity (Wildman–Crippen MR) is 119 cm³/mol. The van der Waals surface area contributed by atoms with Gasteiger partial charge in [-0.05, 0) is 10.1 Å². The lowest BCUT2D eigenvalue weighted by atomic mass is 10.2. The van der Waals surface area contributed by atoms with Gasteiger partial charge in [0.15, 0.2) is 0 Å². The molecular formula is C20H46O5Si2. The second kappa shape index (κ2) is 10.3. The molecule has 0 spiro atoms. The van der Waals surface area contributed by atoms with Crippen molar-refractivity contribution >= 4 is 16.1 Å². The second-order valence-electron chi connectivity index (χ2n) is 10.6. The molecule has 0 unspecified atom stereocenters. The topological polar surface area (TPSA) is 68.2 Å². The van der Waals surface area contributed by atoms with Crippen molar-refractivity contribution in [3.05, 3.63) is 0 Å². The lowest BCUT2D eigenvalue weighted by molar-refractivity contribution is -0.0123. The van der Waals surface area contributed by atoms with E-state index in [1.54, 1.807) is 0 Å². The lowest BCUT2D eigenvalue weighted by Gasteiger charge is -2.59. The Morgan fingerprint density at radius 3 is 1.30 bits per heavy atom. The van der Waals surface area contributed by atoms with Crippen LogP contribution in [0.25, 0.3) is 0 Å². The summed E-state index contributed by atoms with van der Waals surface area (Å²) in [6, 6.07) is 0. The van der Waals surface area contributed by atoms with Crippen LogP contribution in [0.1, 0.15) is 41.5 Å². The van der Waals surface area contributed by atoms with Gasteiger partial charge in [0, 0.05) is 0 Å². The molecule has 164 valence electrons. The number of hydrogen-bond donors (Lipinski definition) is 2. The van der Waals surface area contributed by atoms with Gasteiger partial charge in [0.1, 0.15) is 0 Å². The van der Waals surface area contributed by atoms with Gasteiger partial charge in [0.25, 0.3) is 0 Å². The van der Waals surface area contributed by atoms with E-state index in [0.717, 1.165) is 0 Å². The van der Waals surface area contributed by atoms with Crippen LogP contribution in [0.3, 0.4) is 0 Å². The maximum Gasteiger partial charge on any atom is 0.0893 e. The Bertz CT molecular complexity index is 399. The smallest absolute Gasteiger partial charge is 0.0893 e. The molecule has 0 aromatic heterocycles. The number of rotatable bonds is 12. The quantitative estimate of drug-likeness (QED) is 0.369. The van der Waals surface area contributed by atoms with Crippen molar-refractivity contribution < 1.29 is 24.4 Å². The van der Waals surface area contributed by atoms with Crippen molar-refractivity contribution in [2.75, 3.05) is 46.2 Å². The summed E-state index contributed by atoms with van der Waals surface area (Å²) >= 11 is 0. The minimum Gasteiger partial charge on any atom is -0.394 e. The molecule has 0 bridgehead atoms. The molecule has 0 aromatic rings. The average Bonchev–Trinajstić information content (AvgIpc) is 2.50. The largest absolute Gasteiger partial charge is 0.394 e. The minimum absolute atomic E-state index is 0.0304. The summed E-state index contributed by atoms with van der Waals surface area (Å²) in [5, 5.41) is 21.0. The van der Waals surface area contributed by atoms with Crippen LogP contribution in [0.4, 0.5) is 0 Å². The molecule has 0 aromatic carbocycles. The van der Waals surface area contributed by atoms with Gasteiger partial charge in [0.05, 0.1) is 67.2 Å². The Morgan fingerprint density at radius 1 is 0.630 bits per heavy atom. The monoisotopic (exact) mass is 422 g/mol. The third kappa shape index (κ3) is 6.62. The van der Waals surface area contributed by atoms with Crippen molar-refractivity contribution in [2.45, 2.75) is 82.7 Å². The van der Waals surface area contributed by atoms with Gasteiger partial charge in [-0.3, -0.25) is 0 Å². The van der Waals surface area contributed by atoms with Crippen molar-refractivity contribution in [2.24, 2.45) is 0 Å².